The first-order valence-electron chi connectivity index (χ1n) is 5.41. The van der Waals surface area contributed by atoms with Crippen molar-refractivity contribution in [1.82, 2.24) is 0 Å². The summed E-state index contributed by atoms with van der Waals surface area (Å²) in [5.41, 5.74) is 2.63. The van der Waals surface area contributed by atoms with Crippen LogP contribution in [0.3, 0.4) is 0 Å². The van der Waals surface area contributed by atoms with Gasteiger partial charge in [0.05, 0.1) is 4.83 Å². The van der Waals surface area contributed by atoms with Crippen molar-refractivity contribution in [2.24, 2.45) is 0 Å². The first-order valence-corrected chi connectivity index (χ1v) is 6.32. The molecule has 0 fully saturated rings. The minimum absolute atomic E-state index is 0.253. The molecule has 1 aromatic heterocycles. The van der Waals surface area contributed by atoms with Crippen LogP contribution < -0.4 is 0 Å². The van der Waals surface area contributed by atoms with Crippen molar-refractivity contribution in [3.63, 3.8) is 0 Å². The molecule has 1 heterocycles. The average molecular weight is 279 g/mol. The van der Waals surface area contributed by atoms with E-state index in [2.05, 4.69) is 47.1 Å². The molecule has 0 saturated carbocycles. The van der Waals surface area contributed by atoms with Crippen LogP contribution in [0.15, 0.2) is 40.8 Å². The molecule has 16 heavy (non-hydrogen) atoms. The molecule has 0 spiro atoms. The molecule has 84 valence electrons. The summed E-state index contributed by atoms with van der Waals surface area (Å²) in [5, 5.41) is 0. The van der Waals surface area contributed by atoms with Crippen molar-refractivity contribution in [3.05, 3.63) is 59.0 Å². The summed E-state index contributed by atoms with van der Waals surface area (Å²) in [6.45, 7) is 4.08. The lowest BCUT2D eigenvalue weighted by Crippen LogP contribution is -1.94. The van der Waals surface area contributed by atoms with E-state index in [0.29, 0.717) is 0 Å². The fourth-order valence-corrected chi connectivity index (χ4v) is 2.39. The molecule has 0 aliphatic rings. The zero-order valence-corrected chi connectivity index (χ0v) is 11.1. The Morgan fingerprint density at radius 1 is 1.19 bits per heavy atom. The molecule has 1 nitrogen and oxygen atoms in total. The van der Waals surface area contributed by atoms with Gasteiger partial charge in [-0.05, 0) is 38.0 Å². The van der Waals surface area contributed by atoms with E-state index in [0.717, 1.165) is 17.9 Å². The highest BCUT2D eigenvalue weighted by Crippen LogP contribution is 2.28. The molecule has 0 radical (unpaired) electrons. The molecule has 0 amide bonds. The number of furan rings is 1. The Labute approximate surface area is 105 Å². The smallest absolute Gasteiger partial charge is 0.118 e. The molecular weight excluding hydrogens is 264 g/mol. The van der Waals surface area contributed by atoms with Crippen molar-refractivity contribution >= 4 is 15.9 Å². The van der Waals surface area contributed by atoms with Gasteiger partial charge >= 0.3 is 0 Å². The fraction of sp³-hybridized carbons (Fsp3) is 0.286. The highest BCUT2D eigenvalue weighted by atomic mass is 79.9. The summed E-state index contributed by atoms with van der Waals surface area (Å²) in [7, 11) is 0. The van der Waals surface area contributed by atoms with Gasteiger partial charge in [0.15, 0.2) is 0 Å². The van der Waals surface area contributed by atoms with Gasteiger partial charge in [-0.2, -0.15) is 0 Å². The van der Waals surface area contributed by atoms with Crippen LogP contribution in [0.25, 0.3) is 0 Å². The normalized spacial score (nSPS) is 12.7. The van der Waals surface area contributed by atoms with E-state index in [1.165, 1.54) is 11.1 Å². The van der Waals surface area contributed by atoms with Gasteiger partial charge in [0.2, 0.25) is 0 Å². The van der Waals surface area contributed by atoms with Crippen molar-refractivity contribution in [2.45, 2.75) is 25.1 Å². The second-order valence-corrected chi connectivity index (χ2v) is 5.21. The van der Waals surface area contributed by atoms with E-state index in [1.54, 1.807) is 0 Å². The number of aryl methyl sites for hydroxylation is 2. The Balaban J connectivity index is 2.10. The van der Waals surface area contributed by atoms with Crippen LogP contribution in [0.5, 0.6) is 0 Å². The van der Waals surface area contributed by atoms with Crippen LogP contribution >= 0.6 is 15.9 Å². The van der Waals surface area contributed by atoms with Crippen LogP contribution in [0.1, 0.15) is 27.5 Å². The van der Waals surface area contributed by atoms with Crippen LogP contribution in [-0.4, -0.2) is 0 Å². The molecule has 1 atom stereocenters. The van der Waals surface area contributed by atoms with Crippen LogP contribution in [0.4, 0.5) is 0 Å². The third kappa shape index (κ3) is 2.76. The van der Waals surface area contributed by atoms with E-state index < -0.39 is 0 Å². The zero-order chi connectivity index (χ0) is 11.5. The molecule has 0 bridgehead atoms. The maximum absolute atomic E-state index is 5.60. The van der Waals surface area contributed by atoms with Crippen molar-refractivity contribution in [1.29, 1.82) is 0 Å². The lowest BCUT2D eigenvalue weighted by Gasteiger charge is -2.07. The topological polar surface area (TPSA) is 13.1 Å². The molecule has 2 aromatic rings. The van der Waals surface area contributed by atoms with Crippen molar-refractivity contribution in [3.8, 4) is 0 Å². The predicted molar refractivity (Wildman–Crippen MR) is 70.0 cm³/mol. The first-order chi connectivity index (χ1) is 7.65. The Morgan fingerprint density at radius 3 is 2.62 bits per heavy atom. The summed E-state index contributed by atoms with van der Waals surface area (Å²) < 4.78 is 5.60. The second-order valence-electron chi connectivity index (χ2n) is 4.11. The lowest BCUT2D eigenvalue weighted by molar-refractivity contribution is 0.481. The van der Waals surface area contributed by atoms with Gasteiger partial charge < -0.3 is 4.42 Å². The number of rotatable bonds is 3. The number of benzene rings is 1. The van der Waals surface area contributed by atoms with Crippen molar-refractivity contribution < 1.29 is 4.42 Å². The van der Waals surface area contributed by atoms with Gasteiger partial charge in [0.1, 0.15) is 11.5 Å². The lowest BCUT2D eigenvalue weighted by atomic mass is 10.1. The van der Waals surface area contributed by atoms with Crippen LogP contribution in [0.2, 0.25) is 0 Å². The molecule has 2 heteroatoms. The number of hydrogen-bond acceptors (Lipinski definition) is 1. The third-order valence-electron chi connectivity index (χ3n) is 2.57. The first kappa shape index (κ1) is 11.5. The van der Waals surface area contributed by atoms with Gasteiger partial charge in [-0.25, -0.2) is 0 Å². The Bertz CT molecular complexity index is 473. The van der Waals surface area contributed by atoms with Gasteiger partial charge in [0, 0.05) is 0 Å². The summed E-state index contributed by atoms with van der Waals surface area (Å²) >= 11 is 3.67. The molecule has 0 saturated heterocycles. The molecule has 0 N–H and O–H groups in total. The summed E-state index contributed by atoms with van der Waals surface area (Å²) in [6.07, 6.45) is 0.953. The van der Waals surface area contributed by atoms with Gasteiger partial charge in [0.25, 0.3) is 0 Å². The van der Waals surface area contributed by atoms with Crippen LogP contribution in [0, 0.1) is 13.8 Å². The maximum Gasteiger partial charge on any atom is 0.118 e. The SMILES string of the molecule is Cc1cccc(CC(Br)c2ccc(C)o2)c1. The Kier molecular flexibility index (Phi) is 3.49. The van der Waals surface area contributed by atoms with E-state index in [-0.39, 0.29) is 4.83 Å². The number of hydrogen-bond donors (Lipinski definition) is 0. The average Bonchev–Trinajstić information content (AvgIpc) is 2.65. The van der Waals surface area contributed by atoms with Crippen LogP contribution in [-0.2, 0) is 6.42 Å². The third-order valence-corrected chi connectivity index (χ3v) is 3.34. The highest BCUT2D eigenvalue weighted by Gasteiger charge is 2.12. The van der Waals surface area contributed by atoms with Gasteiger partial charge in [-0.15, -0.1) is 0 Å². The Hall–Kier alpha value is -1.02. The molecule has 1 aromatic carbocycles. The molecular formula is C14H15BrO. The molecule has 0 aliphatic heterocycles. The quantitative estimate of drug-likeness (QED) is 0.750. The van der Waals surface area contributed by atoms with Crippen molar-refractivity contribution in [2.75, 3.05) is 0 Å². The minimum Gasteiger partial charge on any atom is -0.465 e. The fourth-order valence-electron chi connectivity index (χ4n) is 1.77. The Morgan fingerprint density at radius 2 is 2.00 bits per heavy atom. The van der Waals surface area contributed by atoms with Gasteiger partial charge in [-0.1, -0.05) is 45.8 Å². The zero-order valence-electron chi connectivity index (χ0n) is 9.53. The molecule has 2 rings (SSSR count). The minimum atomic E-state index is 0.253. The van der Waals surface area contributed by atoms with Gasteiger partial charge in [-0.3, -0.25) is 0 Å². The van der Waals surface area contributed by atoms with E-state index in [1.807, 2.05) is 19.1 Å². The standard InChI is InChI=1S/C14H15BrO/c1-10-4-3-5-12(8-10)9-13(15)14-7-6-11(2)16-14/h3-8,13H,9H2,1-2H3. The maximum atomic E-state index is 5.60. The monoisotopic (exact) mass is 278 g/mol. The van der Waals surface area contributed by atoms with E-state index in [4.69, 9.17) is 4.42 Å². The molecule has 1 unspecified atom stereocenters. The second kappa shape index (κ2) is 4.88. The summed E-state index contributed by atoms with van der Waals surface area (Å²) in [6, 6.07) is 12.6. The largest absolute Gasteiger partial charge is 0.465 e. The number of alkyl halides is 1. The number of halogens is 1. The molecule has 0 aliphatic carbocycles. The summed E-state index contributed by atoms with van der Waals surface area (Å²) in [4.78, 5) is 0.253. The predicted octanol–water partition coefficient (Wildman–Crippen LogP) is 4.58. The highest BCUT2D eigenvalue weighted by molar-refractivity contribution is 9.09. The van der Waals surface area contributed by atoms with E-state index in [9.17, 15) is 0 Å². The van der Waals surface area contributed by atoms with E-state index >= 15 is 0 Å². The summed E-state index contributed by atoms with van der Waals surface area (Å²) in [5.74, 6) is 1.96.